The molecule has 1 N–H and O–H groups in total. The Morgan fingerprint density at radius 2 is 1.75 bits per heavy atom. The van der Waals surface area contributed by atoms with E-state index in [0.717, 1.165) is 11.6 Å². The van der Waals surface area contributed by atoms with E-state index in [0.29, 0.717) is 16.1 Å². The van der Waals surface area contributed by atoms with E-state index in [-0.39, 0.29) is 6.54 Å². The second-order valence-corrected chi connectivity index (χ2v) is 5.83. The number of amides is 1. The lowest BCUT2D eigenvalue weighted by molar-refractivity contribution is 0.0945. The van der Waals surface area contributed by atoms with Gasteiger partial charge in [-0.05, 0) is 12.1 Å². The number of hydrogen-bond acceptors (Lipinski definition) is 4. The van der Waals surface area contributed by atoms with Gasteiger partial charge in [-0.3, -0.25) is 4.79 Å². The van der Waals surface area contributed by atoms with Crippen molar-refractivity contribution in [1.82, 2.24) is 15.5 Å². The Labute approximate surface area is 139 Å². The van der Waals surface area contributed by atoms with Gasteiger partial charge in [0.2, 0.25) is 0 Å². The first-order chi connectivity index (χ1) is 11.6. The fraction of sp³-hybridized carbons (Fsp3) is 0.0625. The molecule has 0 fully saturated rings. The molecule has 122 valence electrons. The number of halogens is 3. The Morgan fingerprint density at radius 1 is 1.00 bits per heavy atom. The maximum absolute atomic E-state index is 13.6. The zero-order chi connectivity index (χ0) is 17.1. The van der Waals surface area contributed by atoms with Crippen LogP contribution in [0.5, 0.6) is 0 Å². The lowest BCUT2D eigenvalue weighted by Gasteiger charge is -2.05. The van der Waals surface area contributed by atoms with Crippen molar-refractivity contribution in [3.8, 4) is 10.6 Å². The molecule has 0 radical (unpaired) electrons. The van der Waals surface area contributed by atoms with Crippen LogP contribution in [0.15, 0.2) is 42.5 Å². The topological polar surface area (TPSA) is 54.9 Å². The summed E-state index contributed by atoms with van der Waals surface area (Å²) in [6.45, 7) is 0.00176. The maximum Gasteiger partial charge on any atom is 0.254 e. The molecule has 1 amide bonds. The number of nitrogens with one attached hydrogen (secondary N) is 1. The van der Waals surface area contributed by atoms with Gasteiger partial charge < -0.3 is 5.32 Å². The quantitative estimate of drug-likeness (QED) is 0.733. The summed E-state index contributed by atoms with van der Waals surface area (Å²) in [6, 6.07) is 10.9. The van der Waals surface area contributed by atoms with E-state index in [1.54, 1.807) is 0 Å². The molecule has 1 aromatic heterocycles. The third-order valence-corrected chi connectivity index (χ3v) is 4.14. The summed E-state index contributed by atoms with van der Waals surface area (Å²) in [4.78, 5) is 11.9. The third-order valence-electron chi connectivity index (χ3n) is 3.17. The molecule has 0 spiro atoms. The Balaban J connectivity index is 1.69. The lowest BCUT2D eigenvalue weighted by atomic mass is 10.2. The Hall–Kier alpha value is -2.74. The molecule has 2 aromatic carbocycles. The van der Waals surface area contributed by atoms with Gasteiger partial charge in [-0.2, -0.15) is 0 Å². The monoisotopic (exact) mass is 349 g/mol. The molecule has 3 aromatic rings. The van der Waals surface area contributed by atoms with E-state index in [1.165, 1.54) is 11.3 Å². The molecule has 0 aliphatic carbocycles. The molecule has 3 rings (SSSR count). The minimum Gasteiger partial charge on any atom is -0.345 e. The van der Waals surface area contributed by atoms with E-state index >= 15 is 0 Å². The van der Waals surface area contributed by atoms with Crippen molar-refractivity contribution in [3.63, 3.8) is 0 Å². The van der Waals surface area contributed by atoms with Gasteiger partial charge in [0.25, 0.3) is 5.91 Å². The molecule has 1 heterocycles. The van der Waals surface area contributed by atoms with Crippen LogP contribution in [-0.4, -0.2) is 16.1 Å². The van der Waals surface area contributed by atoms with Crippen LogP contribution in [0.1, 0.15) is 15.4 Å². The summed E-state index contributed by atoms with van der Waals surface area (Å²) in [6.07, 6.45) is 0. The average molecular weight is 349 g/mol. The van der Waals surface area contributed by atoms with Crippen molar-refractivity contribution in [2.24, 2.45) is 0 Å². The molecular formula is C16H10F3N3OS. The number of aromatic nitrogens is 2. The summed E-state index contributed by atoms with van der Waals surface area (Å²) in [5, 5.41) is 11.5. The molecule has 0 atom stereocenters. The second-order valence-electron chi connectivity index (χ2n) is 4.77. The van der Waals surface area contributed by atoms with Crippen molar-refractivity contribution in [2.45, 2.75) is 6.54 Å². The largest absolute Gasteiger partial charge is 0.345 e. The molecule has 0 saturated carbocycles. The van der Waals surface area contributed by atoms with Gasteiger partial charge in [0.05, 0.1) is 12.1 Å². The highest BCUT2D eigenvalue weighted by Gasteiger charge is 2.19. The van der Waals surface area contributed by atoms with Crippen LogP contribution < -0.4 is 5.32 Å². The minimum absolute atomic E-state index is 0.00176. The number of rotatable bonds is 4. The summed E-state index contributed by atoms with van der Waals surface area (Å²) in [5.41, 5.74) is 0.320. The smallest absolute Gasteiger partial charge is 0.254 e. The maximum atomic E-state index is 13.6. The zero-order valence-corrected chi connectivity index (χ0v) is 12.9. The first-order valence-corrected chi connectivity index (χ1v) is 7.67. The lowest BCUT2D eigenvalue weighted by Crippen LogP contribution is -2.24. The number of benzene rings is 2. The summed E-state index contributed by atoms with van der Waals surface area (Å²) >= 11 is 1.27. The minimum atomic E-state index is -1.68. The van der Waals surface area contributed by atoms with Crippen LogP contribution in [-0.2, 0) is 6.54 Å². The van der Waals surface area contributed by atoms with Gasteiger partial charge >= 0.3 is 0 Å². The van der Waals surface area contributed by atoms with Crippen LogP contribution in [0.4, 0.5) is 13.2 Å². The fourth-order valence-electron chi connectivity index (χ4n) is 1.97. The highest BCUT2D eigenvalue weighted by Crippen LogP contribution is 2.23. The summed E-state index contributed by atoms with van der Waals surface area (Å²) < 4.78 is 39.6. The van der Waals surface area contributed by atoms with Crippen molar-refractivity contribution in [2.75, 3.05) is 0 Å². The third kappa shape index (κ3) is 3.28. The molecule has 0 aliphatic rings. The highest BCUT2D eigenvalue weighted by molar-refractivity contribution is 7.14. The van der Waals surface area contributed by atoms with Crippen LogP contribution in [0.2, 0.25) is 0 Å². The van der Waals surface area contributed by atoms with Crippen molar-refractivity contribution < 1.29 is 18.0 Å². The molecule has 0 unspecified atom stereocenters. The standard InChI is InChI=1S/C16H10F3N3OS/c17-11-7-6-10(13(18)14(11)19)15(23)20-8-12-21-22-16(24-12)9-4-2-1-3-5-9/h1-7H,8H2,(H,20,23). The van der Waals surface area contributed by atoms with Gasteiger partial charge in [0.1, 0.15) is 10.0 Å². The van der Waals surface area contributed by atoms with Crippen molar-refractivity contribution >= 4 is 17.2 Å². The summed E-state index contributed by atoms with van der Waals surface area (Å²) in [7, 11) is 0. The Morgan fingerprint density at radius 3 is 2.50 bits per heavy atom. The van der Waals surface area contributed by atoms with E-state index in [4.69, 9.17) is 0 Å². The van der Waals surface area contributed by atoms with E-state index in [2.05, 4.69) is 15.5 Å². The molecule has 0 saturated heterocycles. The zero-order valence-electron chi connectivity index (χ0n) is 12.1. The van der Waals surface area contributed by atoms with Gasteiger partial charge in [-0.15, -0.1) is 10.2 Å². The predicted molar refractivity (Wildman–Crippen MR) is 82.8 cm³/mol. The van der Waals surface area contributed by atoms with Crippen molar-refractivity contribution in [1.29, 1.82) is 0 Å². The first-order valence-electron chi connectivity index (χ1n) is 6.86. The van der Waals surface area contributed by atoms with Crippen LogP contribution in [0, 0.1) is 17.5 Å². The number of carbonyl (C=O) groups excluding carboxylic acids is 1. The number of nitrogens with zero attached hydrogens (tertiary/aromatic N) is 2. The van der Waals surface area contributed by atoms with Crippen LogP contribution in [0.3, 0.4) is 0 Å². The summed E-state index contributed by atoms with van der Waals surface area (Å²) in [5.74, 6) is -5.40. The fourth-order valence-corrected chi connectivity index (χ4v) is 2.76. The predicted octanol–water partition coefficient (Wildman–Crippen LogP) is 3.55. The second kappa shape index (κ2) is 6.79. The molecular weight excluding hydrogens is 339 g/mol. The van der Waals surface area contributed by atoms with Gasteiger partial charge in [-0.1, -0.05) is 41.7 Å². The average Bonchev–Trinajstić information content (AvgIpc) is 3.07. The Kier molecular flexibility index (Phi) is 4.57. The van der Waals surface area contributed by atoms with Gasteiger partial charge in [0, 0.05) is 5.56 Å². The first kappa shape index (κ1) is 16.1. The number of carbonyl (C=O) groups is 1. The van der Waals surface area contributed by atoms with Crippen LogP contribution >= 0.6 is 11.3 Å². The molecule has 0 bridgehead atoms. The van der Waals surface area contributed by atoms with Crippen LogP contribution in [0.25, 0.3) is 10.6 Å². The SMILES string of the molecule is O=C(NCc1nnc(-c2ccccc2)s1)c1ccc(F)c(F)c1F. The molecule has 4 nitrogen and oxygen atoms in total. The Bertz CT molecular complexity index is 884. The highest BCUT2D eigenvalue weighted by atomic mass is 32.1. The molecule has 24 heavy (non-hydrogen) atoms. The van der Waals surface area contributed by atoms with Gasteiger partial charge in [0.15, 0.2) is 17.5 Å². The normalized spacial score (nSPS) is 10.6. The van der Waals surface area contributed by atoms with E-state index in [9.17, 15) is 18.0 Å². The molecule has 8 heteroatoms. The number of hydrogen-bond donors (Lipinski definition) is 1. The van der Waals surface area contributed by atoms with Gasteiger partial charge in [-0.25, -0.2) is 13.2 Å². The van der Waals surface area contributed by atoms with E-state index in [1.807, 2.05) is 30.3 Å². The van der Waals surface area contributed by atoms with Crippen molar-refractivity contribution in [3.05, 3.63) is 70.5 Å². The van der Waals surface area contributed by atoms with E-state index < -0.39 is 28.9 Å². The molecule has 0 aliphatic heterocycles.